The third-order valence-corrected chi connectivity index (χ3v) is 7.07. The number of amides is 1. The van der Waals surface area contributed by atoms with Gasteiger partial charge in [-0.25, -0.2) is 13.1 Å². The summed E-state index contributed by atoms with van der Waals surface area (Å²) in [6.45, 7) is 2.65. The molecule has 1 aliphatic rings. The number of nitrogens with zero attached hydrogens (tertiary/aromatic N) is 2. The summed E-state index contributed by atoms with van der Waals surface area (Å²) in [5.74, 6) is -0.171. The van der Waals surface area contributed by atoms with Crippen LogP contribution in [0.15, 0.2) is 83.8 Å². The van der Waals surface area contributed by atoms with E-state index in [1.807, 2.05) is 54.6 Å². The molecule has 3 aromatic rings. The highest BCUT2D eigenvalue weighted by molar-refractivity contribution is 7.89. The molecule has 1 aliphatic heterocycles. The van der Waals surface area contributed by atoms with Crippen molar-refractivity contribution in [3.63, 3.8) is 0 Å². The van der Waals surface area contributed by atoms with Gasteiger partial charge in [-0.15, -0.1) is 0 Å². The van der Waals surface area contributed by atoms with Gasteiger partial charge in [0.1, 0.15) is 0 Å². The Morgan fingerprint density at radius 3 is 2.31 bits per heavy atom. The molecule has 4 rings (SSSR count). The lowest BCUT2D eigenvalue weighted by Gasteiger charge is -2.36. The van der Waals surface area contributed by atoms with E-state index in [1.165, 1.54) is 12.1 Å². The van der Waals surface area contributed by atoms with E-state index in [4.69, 9.17) is 11.6 Å². The van der Waals surface area contributed by atoms with Crippen molar-refractivity contribution in [2.45, 2.75) is 11.4 Å². The molecular formula is C24H24ClN3O3S. The number of piperazine rings is 1. The lowest BCUT2D eigenvalue weighted by atomic mass is 10.1. The predicted octanol–water partition coefficient (Wildman–Crippen LogP) is 3.78. The number of carbonyl (C=O) groups excluding carboxylic acids is 1. The van der Waals surface area contributed by atoms with Gasteiger partial charge in [0.2, 0.25) is 10.0 Å². The van der Waals surface area contributed by atoms with Crippen molar-refractivity contribution in [3.05, 3.63) is 95.0 Å². The minimum atomic E-state index is -3.74. The van der Waals surface area contributed by atoms with Crippen LogP contribution < -0.4 is 9.62 Å². The summed E-state index contributed by atoms with van der Waals surface area (Å²) in [6, 6.07) is 23.2. The quantitative estimate of drug-likeness (QED) is 0.596. The van der Waals surface area contributed by atoms with E-state index in [0.29, 0.717) is 36.8 Å². The third kappa shape index (κ3) is 5.30. The summed E-state index contributed by atoms with van der Waals surface area (Å²) in [5.41, 5.74) is 2.26. The summed E-state index contributed by atoms with van der Waals surface area (Å²) < 4.78 is 28.1. The van der Waals surface area contributed by atoms with Crippen LogP contribution in [0, 0.1) is 0 Å². The summed E-state index contributed by atoms with van der Waals surface area (Å²) >= 11 is 6.09. The van der Waals surface area contributed by atoms with Gasteiger partial charge in [0.15, 0.2) is 0 Å². The first kappa shape index (κ1) is 22.3. The molecule has 0 spiro atoms. The molecule has 8 heteroatoms. The Kier molecular flexibility index (Phi) is 6.79. The summed E-state index contributed by atoms with van der Waals surface area (Å²) in [6.07, 6.45) is 0. The number of hydrogen-bond donors (Lipinski definition) is 1. The van der Waals surface area contributed by atoms with Crippen LogP contribution in [-0.4, -0.2) is 45.4 Å². The zero-order valence-electron chi connectivity index (χ0n) is 17.4. The zero-order chi connectivity index (χ0) is 22.6. The van der Waals surface area contributed by atoms with E-state index in [2.05, 4.69) is 9.62 Å². The third-order valence-electron chi connectivity index (χ3n) is 5.44. The Morgan fingerprint density at radius 1 is 0.875 bits per heavy atom. The molecule has 0 radical (unpaired) electrons. The number of nitrogens with one attached hydrogen (secondary N) is 1. The number of halogens is 1. The van der Waals surface area contributed by atoms with Gasteiger partial charge in [-0.1, -0.05) is 54.1 Å². The van der Waals surface area contributed by atoms with Crippen molar-refractivity contribution in [2.24, 2.45) is 0 Å². The summed E-state index contributed by atoms with van der Waals surface area (Å²) in [4.78, 5) is 17.0. The van der Waals surface area contributed by atoms with Gasteiger partial charge in [-0.3, -0.25) is 4.79 Å². The SMILES string of the molecule is O=C(c1cccc(S(=O)(=O)NCc2ccccc2)c1)N1CCN(c2cccc(Cl)c2)CC1. The Bertz CT molecular complexity index is 1190. The molecule has 1 N–H and O–H groups in total. The van der Waals surface area contributed by atoms with Crippen LogP contribution in [0.3, 0.4) is 0 Å². The summed E-state index contributed by atoms with van der Waals surface area (Å²) in [5, 5.41) is 0.680. The molecule has 0 aromatic heterocycles. The van der Waals surface area contributed by atoms with E-state index >= 15 is 0 Å². The second-order valence-electron chi connectivity index (χ2n) is 7.60. The van der Waals surface area contributed by atoms with Crippen molar-refractivity contribution in [3.8, 4) is 0 Å². The Hall–Kier alpha value is -2.87. The average molecular weight is 470 g/mol. The number of benzene rings is 3. The molecule has 0 aliphatic carbocycles. The first-order valence-electron chi connectivity index (χ1n) is 10.4. The normalized spacial score (nSPS) is 14.4. The standard InChI is InChI=1S/C24H24ClN3O3S/c25-21-9-5-10-22(17-21)27-12-14-28(15-13-27)24(29)20-8-4-11-23(16-20)32(30,31)26-18-19-6-2-1-3-7-19/h1-11,16-17,26H,12-15,18H2. The van der Waals surface area contributed by atoms with Gasteiger partial charge >= 0.3 is 0 Å². The predicted molar refractivity (Wildman–Crippen MR) is 126 cm³/mol. The van der Waals surface area contributed by atoms with E-state index < -0.39 is 10.0 Å². The Labute approximate surface area is 193 Å². The maximum absolute atomic E-state index is 13.0. The highest BCUT2D eigenvalue weighted by atomic mass is 35.5. The van der Waals surface area contributed by atoms with Crippen LogP contribution >= 0.6 is 11.6 Å². The Morgan fingerprint density at radius 2 is 1.59 bits per heavy atom. The molecule has 166 valence electrons. The molecule has 0 saturated carbocycles. The van der Waals surface area contributed by atoms with Crippen molar-refractivity contribution >= 4 is 33.2 Å². The molecule has 0 atom stereocenters. The van der Waals surface area contributed by atoms with Crippen molar-refractivity contribution in [1.82, 2.24) is 9.62 Å². The van der Waals surface area contributed by atoms with E-state index in [9.17, 15) is 13.2 Å². The first-order valence-corrected chi connectivity index (χ1v) is 12.2. The molecule has 1 fully saturated rings. The topological polar surface area (TPSA) is 69.7 Å². The zero-order valence-corrected chi connectivity index (χ0v) is 19.0. The number of carbonyl (C=O) groups is 1. The van der Waals surface area contributed by atoms with Crippen LogP contribution in [0.2, 0.25) is 5.02 Å². The number of rotatable bonds is 6. The van der Waals surface area contributed by atoms with Crippen LogP contribution in [-0.2, 0) is 16.6 Å². The number of anilines is 1. The summed E-state index contributed by atoms with van der Waals surface area (Å²) in [7, 11) is -3.74. The minimum Gasteiger partial charge on any atom is -0.368 e. The van der Waals surface area contributed by atoms with E-state index in [0.717, 1.165) is 11.3 Å². The fourth-order valence-corrected chi connectivity index (χ4v) is 4.92. The molecule has 1 amide bonds. The molecule has 32 heavy (non-hydrogen) atoms. The van der Waals surface area contributed by atoms with Crippen LogP contribution in [0.25, 0.3) is 0 Å². The van der Waals surface area contributed by atoms with Gasteiger partial charge in [0, 0.05) is 49.0 Å². The lowest BCUT2D eigenvalue weighted by molar-refractivity contribution is 0.0746. The molecule has 0 unspecified atom stereocenters. The average Bonchev–Trinajstić information content (AvgIpc) is 2.83. The van der Waals surface area contributed by atoms with E-state index in [-0.39, 0.29) is 17.3 Å². The molecular weight excluding hydrogens is 446 g/mol. The molecule has 6 nitrogen and oxygen atoms in total. The molecule has 1 heterocycles. The smallest absolute Gasteiger partial charge is 0.254 e. The molecule has 0 bridgehead atoms. The first-order chi connectivity index (χ1) is 15.4. The van der Waals surface area contributed by atoms with Gasteiger partial charge in [-0.05, 0) is 42.0 Å². The minimum absolute atomic E-state index is 0.0804. The van der Waals surface area contributed by atoms with Crippen LogP contribution in [0.4, 0.5) is 5.69 Å². The highest BCUT2D eigenvalue weighted by Gasteiger charge is 2.24. The Balaban J connectivity index is 1.41. The van der Waals surface area contributed by atoms with Gasteiger partial charge in [0.25, 0.3) is 5.91 Å². The van der Waals surface area contributed by atoms with Crippen molar-refractivity contribution in [1.29, 1.82) is 0 Å². The maximum atomic E-state index is 13.0. The second kappa shape index (κ2) is 9.73. The number of sulfonamides is 1. The largest absolute Gasteiger partial charge is 0.368 e. The van der Waals surface area contributed by atoms with Gasteiger partial charge < -0.3 is 9.80 Å². The lowest BCUT2D eigenvalue weighted by Crippen LogP contribution is -2.48. The van der Waals surface area contributed by atoms with Crippen LogP contribution in [0.5, 0.6) is 0 Å². The fraction of sp³-hybridized carbons (Fsp3) is 0.208. The molecule has 1 saturated heterocycles. The van der Waals surface area contributed by atoms with Crippen LogP contribution in [0.1, 0.15) is 15.9 Å². The maximum Gasteiger partial charge on any atom is 0.254 e. The van der Waals surface area contributed by atoms with Crippen molar-refractivity contribution < 1.29 is 13.2 Å². The number of hydrogen-bond acceptors (Lipinski definition) is 4. The van der Waals surface area contributed by atoms with Gasteiger partial charge in [0.05, 0.1) is 4.90 Å². The fourth-order valence-electron chi connectivity index (χ4n) is 3.68. The van der Waals surface area contributed by atoms with Gasteiger partial charge in [-0.2, -0.15) is 0 Å². The van der Waals surface area contributed by atoms with E-state index in [1.54, 1.807) is 17.0 Å². The highest BCUT2D eigenvalue weighted by Crippen LogP contribution is 2.22. The second-order valence-corrected chi connectivity index (χ2v) is 9.80. The van der Waals surface area contributed by atoms with Crippen molar-refractivity contribution in [2.75, 3.05) is 31.1 Å². The molecule has 3 aromatic carbocycles. The monoisotopic (exact) mass is 469 g/mol.